The van der Waals surface area contributed by atoms with Gasteiger partial charge < -0.3 is 0 Å². The second-order valence-electron chi connectivity index (χ2n) is 3.43. The predicted octanol–water partition coefficient (Wildman–Crippen LogP) is 1.39. The molecule has 3 heterocycles. The summed E-state index contributed by atoms with van der Waals surface area (Å²) in [6.07, 6.45) is 13.0. The lowest BCUT2D eigenvalue weighted by Crippen LogP contribution is -1.96. The summed E-state index contributed by atoms with van der Waals surface area (Å²) in [6, 6.07) is 0. The molecule has 0 aliphatic rings. The van der Waals surface area contributed by atoms with Crippen molar-refractivity contribution < 1.29 is 0 Å². The fourth-order valence-corrected chi connectivity index (χ4v) is 1.56. The van der Waals surface area contributed by atoms with E-state index in [1.165, 1.54) is 0 Å². The molecule has 3 rings (SSSR count). The molecular formula is C12H8N6. The Hall–Kier alpha value is -2.76. The highest BCUT2D eigenvalue weighted by Crippen LogP contribution is 2.23. The molecule has 3 aromatic heterocycles. The summed E-state index contributed by atoms with van der Waals surface area (Å²) in [5, 5.41) is 0. The van der Waals surface area contributed by atoms with Crippen molar-refractivity contribution in [2.24, 2.45) is 0 Å². The van der Waals surface area contributed by atoms with E-state index >= 15 is 0 Å². The van der Waals surface area contributed by atoms with Crippen LogP contribution in [-0.4, -0.2) is 29.9 Å². The molecule has 0 spiro atoms. The van der Waals surface area contributed by atoms with Gasteiger partial charge in [0.2, 0.25) is 0 Å². The maximum absolute atomic E-state index is 4.29. The Bertz CT molecular complexity index is 582. The van der Waals surface area contributed by atoms with Gasteiger partial charge in [0.05, 0.1) is 12.4 Å². The maximum atomic E-state index is 4.29. The Labute approximate surface area is 103 Å². The second-order valence-corrected chi connectivity index (χ2v) is 3.43. The predicted molar refractivity (Wildman–Crippen MR) is 64.1 cm³/mol. The zero-order valence-corrected chi connectivity index (χ0v) is 9.30. The van der Waals surface area contributed by atoms with Crippen molar-refractivity contribution in [3.05, 3.63) is 49.6 Å². The van der Waals surface area contributed by atoms with Crippen LogP contribution < -0.4 is 0 Å². The molecular weight excluding hydrogens is 228 g/mol. The van der Waals surface area contributed by atoms with Crippen molar-refractivity contribution >= 4 is 0 Å². The van der Waals surface area contributed by atoms with Gasteiger partial charge in [0.1, 0.15) is 22.8 Å². The minimum absolute atomic E-state index is 0.645. The molecule has 0 radical (unpaired) electrons. The fraction of sp³-hybridized carbons (Fsp3) is 0. The zero-order chi connectivity index (χ0) is 12.2. The van der Waals surface area contributed by atoms with Crippen LogP contribution in [0.2, 0.25) is 0 Å². The highest BCUT2D eigenvalue weighted by Gasteiger charge is 2.12. The molecule has 3 aromatic rings. The summed E-state index contributed by atoms with van der Waals surface area (Å²) in [7, 11) is 0. The van der Waals surface area contributed by atoms with Crippen molar-refractivity contribution in [1.29, 1.82) is 0 Å². The molecule has 0 amide bonds. The van der Waals surface area contributed by atoms with Gasteiger partial charge >= 0.3 is 0 Å². The van der Waals surface area contributed by atoms with Crippen LogP contribution in [0.25, 0.3) is 22.8 Å². The number of rotatable bonds is 2. The van der Waals surface area contributed by atoms with Gasteiger partial charge in [-0.25, -0.2) is 0 Å². The molecule has 0 aliphatic heterocycles. The van der Waals surface area contributed by atoms with Crippen LogP contribution >= 0.6 is 0 Å². The van der Waals surface area contributed by atoms with Crippen molar-refractivity contribution in [1.82, 2.24) is 29.9 Å². The first-order valence-electron chi connectivity index (χ1n) is 5.29. The summed E-state index contributed by atoms with van der Waals surface area (Å²) in [6.45, 7) is 0. The van der Waals surface area contributed by atoms with Gasteiger partial charge in [-0.3, -0.25) is 29.9 Å². The molecule has 0 saturated carbocycles. The van der Waals surface area contributed by atoms with E-state index in [2.05, 4.69) is 29.9 Å². The quantitative estimate of drug-likeness (QED) is 0.669. The molecule has 0 N–H and O–H groups in total. The number of hydrogen-bond donors (Lipinski definition) is 0. The summed E-state index contributed by atoms with van der Waals surface area (Å²) in [5.74, 6) is 0. The topological polar surface area (TPSA) is 77.3 Å². The molecule has 6 nitrogen and oxygen atoms in total. The first-order chi connectivity index (χ1) is 8.95. The highest BCUT2D eigenvalue weighted by molar-refractivity contribution is 5.72. The molecule has 0 atom stereocenters. The van der Waals surface area contributed by atoms with Crippen molar-refractivity contribution in [2.45, 2.75) is 0 Å². The van der Waals surface area contributed by atoms with Gasteiger partial charge in [-0.15, -0.1) is 0 Å². The Kier molecular flexibility index (Phi) is 2.67. The number of hydrogen-bond acceptors (Lipinski definition) is 6. The summed E-state index contributed by atoms with van der Waals surface area (Å²) < 4.78 is 0. The van der Waals surface area contributed by atoms with Gasteiger partial charge in [-0.1, -0.05) is 0 Å². The van der Waals surface area contributed by atoms with Gasteiger partial charge in [-0.05, 0) is 0 Å². The maximum Gasteiger partial charge on any atom is 0.118 e. The molecule has 0 aromatic carbocycles. The third kappa shape index (κ3) is 1.91. The standard InChI is InChI=1S/C12H8N6/c1-3-15-9(7-13-1)11-12(18-6-5-17-11)10-8-14-2-4-16-10/h1-8H. The Morgan fingerprint density at radius 2 is 0.944 bits per heavy atom. The Morgan fingerprint density at radius 1 is 0.500 bits per heavy atom. The third-order valence-corrected chi connectivity index (χ3v) is 2.31. The minimum atomic E-state index is 0.645. The van der Waals surface area contributed by atoms with Gasteiger partial charge in [0.25, 0.3) is 0 Å². The van der Waals surface area contributed by atoms with Crippen LogP contribution in [0.4, 0.5) is 0 Å². The SMILES string of the molecule is c1cnc(-c2nccnc2-c2cnccn2)cn1. The van der Waals surface area contributed by atoms with E-state index in [0.29, 0.717) is 22.8 Å². The summed E-state index contributed by atoms with van der Waals surface area (Å²) >= 11 is 0. The van der Waals surface area contributed by atoms with Crippen LogP contribution in [0.5, 0.6) is 0 Å². The van der Waals surface area contributed by atoms with Crippen LogP contribution in [0.1, 0.15) is 0 Å². The highest BCUT2D eigenvalue weighted by atomic mass is 14.9. The largest absolute Gasteiger partial charge is 0.261 e. The second kappa shape index (κ2) is 4.62. The molecule has 0 bridgehead atoms. The fourth-order valence-electron chi connectivity index (χ4n) is 1.56. The normalized spacial score (nSPS) is 10.2. The monoisotopic (exact) mass is 236 g/mol. The van der Waals surface area contributed by atoms with E-state index in [4.69, 9.17) is 0 Å². The molecule has 0 aliphatic carbocycles. The summed E-state index contributed by atoms with van der Waals surface area (Å²) in [4.78, 5) is 25.1. The number of nitrogens with zero attached hydrogens (tertiary/aromatic N) is 6. The van der Waals surface area contributed by atoms with Crippen LogP contribution in [-0.2, 0) is 0 Å². The first-order valence-corrected chi connectivity index (χ1v) is 5.29. The van der Waals surface area contributed by atoms with Crippen LogP contribution in [0, 0.1) is 0 Å². The molecule has 0 unspecified atom stereocenters. The summed E-state index contributed by atoms with van der Waals surface area (Å²) in [5.41, 5.74) is 2.61. The Morgan fingerprint density at radius 3 is 1.33 bits per heavy atom. The van der Waals surface area contributed by atoms with Gasteiger partial charge in [0.15, 0.2) is 0 Å². The van der Waals surface area contributed by atoms with E-state index in [-0.39, 0.29) is 0 Å². The lowest BCUT2D eigenvalue weighted by atomic mass is 10.2. The minimum Gasteiger partial charge on any atom is -0.261 e. The van der Waals surface area contributed by atoms with Crippen molar-refractivity contribution in [2.75, 3.05) is 0 Å². The molecule has 86 valence electrons. The van der Waals surface area contributed by atoms with Crippen molar-refractivity contribution in [3.8, 4) is 22.8 Å². The first kappa shape index (κ1) is 10.4. The third-order valence-electron chi connectivity index (χ3n) is 2.31. The lowest BCUT2D eigenvalue weighted by molar-refractivity contribution is 1.12. The molecule has 0 fully saturated rings. The van der Waals surface area contributed by atoms with E-state index in [9.17, 15) is 0 Å². The Balaban J connectivity index is 2.18. The van der Waals surface area contributed by atoms with Gasteiger partial charge in [0, 0.05) is 37.2 Å². The average molecular weight is 236 g/mol. The molecule has 0 saturated heterocycles. The van der Waals surface area contributed by atoms with Crippen LogP contribution in [0.15, 0.2) is 49.6 Å². The van der Waals surface area contributed by atoms with E-state index in [1.54, 1.807) is 49.6 Å². The van der Waals surface area contributed by atoms with Crippen LogP contribution in [0.3, 0.4) is 0 Å². The van der Waals surface area contributed by atoms with E-state index < -0.39 is 0 Å². The van der Waals surface area contributed by atoms with Gasteiger partial charge in [-0.2, -0.15) is 0 Å². The lowest BCUT2D eigenvalue weighted by Gasteiger charge is -2.04. The van der Waals surface area contributed by atoms with E-state index in [1.807, 2.05) is 0 Å². The average Bonchev–Trinajstić information content (AvgIpc) is 2.49. The smallest absolute Gasteiger partial charge is 0.118 e. The zero-order valence-electron chi connectivity index (χ0n) is 9.30. The number of aromatic nitrogens is 6. The van der Waals surface area contributed by atoms with Crippen molar-refractivity contribution in [3.63, 3.8) is 0 Å². The molecule has 6 heteroatoms. The van der Waals surface area contributed by atoms with E-state index in [0.717, 1.165) is 0 Å². The molecule has 18 heavy (non-hydrogen) atoms.